The van der Waals surface area contributed by atoms with Gasteiger partial charge in [-0.3, -0.25) is 4.79 Å². The minimum atomic E-state index is -0.450. The van der Waals surface area contributed by atoms with Crippen molar-refractivity contribution in [3.8, 4) is 22.6 Å². The number of hydrogen-bond acceptors (Lipinski definition) is 4. The van der Waals surface area contributed by atoms with E-state index in [1.807, 2.05) is 24.3 Å². The third-order valence-corrected chi connectivity index (χ3v) is 3.28. The van der Waals surface area contributed by atoms with Gasteiger partial charge in [-0.05, 0) is 49.2 Å². The highest BCUT2D eigenvalue weighted by molar-refractivity contribution is 5.88. The van der Waals surface area contributed by atoms with E-state index in [2.05, 4.69) is 13.2 Å². The maximum absolute atomic E-state index is 11.6. The van der Waals surface area contributed by atoms with Gasteiger partial charge >= 0.3 is 11.9 Å². The van der Waals surface area contributed by atoms with Gasteiger partial charge in [0.1, 0.15) is 11.5 Å². The predicted molar refractivity (Wildman–Crippen MR) is 97.4 cm³/mol. The second kappa shape index (κ2) is 8.11. The Hall–Kier alpha value is -3.14. The summed E-state index contributed by atoms with van der Waals surface area (Å²) in [6, 6.07) is 14.3. The Kier molecular flexibility index (Phi) is 5.90. The molecule has 0 heterocycles. The molecule has 0 unspecified atom stereocenters. The van der Waals surface area contributed by atoms with Crippen LogP contribution in [0.15, 0.2) is 72.8 Å². The predicted octanol–water partition coefficient (Wildman–Crippen LogP) is 4.71. The summed E-state index contributed by atoms with van der Waals surface area (Å²) >= 11 is 0. The Morgan fingerprint density at radius 3 is 1.64 bits per heavy atom. The lowest BCUT2D eigenvalue weighted by Crippen LogP contribution is -2.08. The Balaban J connectivity index is 2.04. The molecule has 0 saturated carbocycles. The van der Waals surface area contributed by atoms with E-state index in [1.165, 1.54) is 0 Å². The molecule has 0 radical (unpaired) electrons. The van der Waals surface area contributed by atoms with Gasteiger partial charge in [-0.1, -0.05) is 43.0 Å². The van der Waals surface area contributed by atoms with E-state index in [0.29, 0.717) is 17.1 Å². The van der Waals surface area contributed by atoms with E-state index in [9.17, 15) is 9.59 Å². The molecule has 128 valence electrons. The SMILES string of the molecule is C=C(C)CC(=O)Oc1ccc(-c2ccc(OC(=O)C(=C)C)cc2)cc1. The lowest BCUT2D eigenvalue weighted by atomic mass is 10.1. The summed E-state index contributed by atoms with van der Waals surface area (Å²) in [5, 5.41) is 0. The minimum Gasteiger partial charge on any atom is -0.426 e. The number of rotatable bonds is 6. The Morgan fingerprint density at radius 1 is 0.800 bits per heavy atom. The fraction of sp³-hybridized carbons (Fsp3) is 0.143. The first-order valence-corrected chi connectivity index (χ1v) is 7.78. The number of benzene rings is 2. The number of carbonyl (C=O) groups excluding carboxylic acids is 2. The van der Waals surface area contributed by atoms with Gasteiger partial charge in [-0.15, -0.1) is 0 Å². The van der Waals surface area contributed by atoms with Crippen LogP contribution in [0, 0.1) is 0 Å². The van der Waals surface area contributed by atoms with Crippen molar-refractivity contribution in [2.45, 2.75) is 20.3 Å². The van der Waals surface area contributed by atoms with Gasteiger partial charge in [0.05, 0.1) is 6.42 Å². The zero-order valence-electron chi connectivity index (χ0n) is 14.4. The molecule has 0 spiro atoms. The average Bonchev–Trinajstić information content (AvgIpc) is 2.55. The molecule has 0 aliphatic heterocycles. The average molecular weight is 336 g/mol. The van der Waals surface area contributed by atoms with Crippen LogP contribution >= 0.6 is 0 Å². The van der Waals surface area contributed by atoms with Crippen molar-refractivity contribution in [3.05, 3.63) is 72.8 Å². The molecule has 2 aromatic rings. The first-order valence-electron chi connectivity index (χ1n) is 7.78. The molecule has 0 fully saturated rings. The summed E-state index contributed by atoms with van der Waals surface area (Å²) in [4.78, 5) is 23.1. The maximum Gasteiger partial charge on any atom is 0.338 e. The van der Waals surface area contributed by atoms with E-state index in [-0.39, 0.29) is 12.4 Å². The van der Waals surface area contributed by atoms with Crippen molar-refractivity contribution in [1.82, 2.24) is 0 Å². The van der Waals surface area contributed by atoms with Crippen LogP contribution in [0.25, 0.3) is 11.1 Å². The number of carbonyl (C=O) groups is 2. The molecule has 25 heavy (non-hydrogen) atoms. The molecule has 0 aliphatic rings. The zero-order chi connectivity index (χ0) is 18.4. The van der Waals surface area contributed by atoms with Crippen LogP contribution in [0.2, 0.25) is 0 Å². The quantitative estimate of drug-likeness (QED) is 0.332. The van der Waals surface area contributed by atoms with E-state index in [0.717, 1.165) is 16.7 Å². The van der Waals surface area contributed by atoms with E-state index in [4.69, 9.17) is 9.47 Å². The van der Waals surface area contributed by atoms with Crippen LogP contribution < -0.4 is 9.47 Å². The van der Waals surface area contributed by atoms with Crippen molar-refractivity contribution in [3.63, 3.8) is 0 Å². The van der Waals surface area contributed by atoms with Gasteiger partial charge < -0.3 is 9.47 Å². The number of esters is 2. The van der Waals surface area contributed by atoms with Crippen molar-refractivity contribution >= 4 is 11.9 Å². The second-order valence-corrected chi connectivity index (χ2v) is 5.83. The van der Waals surface area contributed by atoms with Crippen molar-refractivity contribution in [2.24, 2.45) is 0 Å². The molecule has 4 heteroatoms. The summed E-state index contributed by atoms with van der Waals surface area (Å²) in [6.07, 6.45) is 0.201. The minimum absolute atomic E-state index is 0.201. The van der Waals surface area contributed by atoms with Crippen LogP contribution in [0.3, 0.4) is 0 Å². The van der Waals surface area contributed by atoms with Gasteiger partial charge in [0.25, 0.3) is 0 Å². The van der Waals surface area contributed by atoms with Crippen LogP contribution in [-0.4, -0.2) is 11.9 Å². The van der Waals surface area contributed by atoms with Gasteiger partial charge in [-0.2, -0.15) is 0 Å². The molecule has 0 atom stereocenters. The monoisotopic (exact) mass is 336 g/mol. The summed E-state index contributed by atoms with van der Waals surface area (Å²) in [6.45, 7) is 10.6. The van der Waals surface area contributed by atoms with E-state index < -0.39 is 5.97 Å². The molecular weight excluding hydrogens is 316 g/mol. The van der Waals surface area contributed by atoms with Crippen molar-refractivity contribution in [1.29, 1.82) is 0 Å². The summed E-state index contributed by atoms with van der Waals surface area (Å²) in [5.74, 6) is 0.168. The normalized spacial score (nSPS) is 10.0. The number of ether oxygens (including phenoxy) is 2. The molecule has 4 nitrogen and oxygen atoms in total. The first-order chi connectivity index (χ1) is 11.8. The maximum atomic E-state index is 11.6. The fourth-order valence-electron chi connectivity index (χ4n) is 2.04. The zero-order valence-corrected chi connectivity index (χ0v) is 14.4. The topological polar surface area (TPSA) is 52.6 Å². The molecule has 0 aromatic heterocycles. The summed E-state index contributed by atoms with van der Waals surface area (Å²) in [7, 11) is 0. The second-order valence-electron chi connectivity index (χ2n) is 5.83. The lowest BCUT2D eigenvalue weighted by molar-refractivity contribution is -0.133. The molecule has 0 bridgehead atoms. The Labute approximate surface area is 147 Å². The van der Waals surface area contributed by atoms with Gasteiger partial charge in [0.2, 0.25) is 0 Å². The smallest absolute Gasteiger partial charge is 0.338 e. The lowest BCUT2D eigenvalue weighted by Gasteiger charge is -2.07. The van der Waals surface area contributed by atoms with Gasteiger partial charge in [-0.25, -0.2) is 4.79 Å². The molecule has 2 rings (SSSR count). The van der Waals surface area contributed by atoms with Crippen molar-refractivity contribution < 1.29 is 19.1 Å². The summed E-state index contributed by atoms with van der Waals surface area (Å²) < 4.78 is 10.4. The fourth-order valence-corrected chi connectivity index (χ4v) is 2.04. The van der Waals surface area contributed by atoms with Gasteiger partial charge in [0.15, 0.2) is 0 Å². The third kappa shape index (κ3) is 5.46. The largest absolute Gasteiger partial charge is 0.426 e. The highest BCUT2D eigenvalue weighted by Crippen LogP contribution is 2.25. The summed E-state index contributed by atoms with van der Waals surface area (Å²) in [5.41, 5.74) is 3.02. The van der Waals surface area contributed by atoms with Crippen LogP contribution in [0.4, 0.5) is 0 Å². The number of hydrogen-bond donors (Lipinski definition) is 0. The molecule has 2 aromatic carbocycles. The highest BCUT2D eigenvalue weighted by atomic mass is 16.5. The molecular formula is C21H20O4. The first kappa shape index (κ1) is 18.2. The molecule has 0 amide bonds. The van der Waals surface area contributed by atoms with Crippen LogP contribution in [0.1, 0.15) is 20.3 Å². The Morgan fingerprint density at radius 2 is 1.24 bits per heavy atom. The van der Waals surface area contributed by atoms with E-state index in [1.54, 1.807) is 38.1 Å². The molecule has 0 aliphatic carbocycles. The molecule has 0 N–H and O–H groups in total. The van der Waals surface area contributed by atoms with Crippen LogP contribution in [0.5, 0.6) is 11.5 Å². The standard InChI is InChI=1S/C21H20O4/c1-14(2)13-20(22)24-18-9-5-16(6-10-18)17-7-11-19(12-8-17)25-21(23)15(3)4/h5-12H,1,3,13H2,2,4H3. The van der Waals surface area contributed by atoms with Gasteiger partial charge in [0, 0.05) is 5.57 Å². The molecule has 0 saturated heterocycles. The highest BCUT2D eigenvalue weighted by Gasteiger charge is 2.07. The van der Waals surface area contributed by atoms with Crippen molar-refractivity contribution in [2.75, 3.05) is 0 Å². The Bertz CT molecular complexity index is 799. The third-order valence-electron chi connectivity index (χ3n) is 3.28. The van der Waals surface area contributed by atoms with E-state index >= 15 is 0 Å². The van der Waals surface area contributed by atoms with Crippen LogP contribution in [-0.2, 0) is 9.59 Å².